The summed E-state index contributed by atoms with van der Waals surface area (Å²) < 4.78 is 5.26. The van der Waals surface area contributed by atoms with Gasteiger partial charge in [0.25, 0.3) is 5.91 Å². The number of carbonyl (C=O) groups excluding carboxylic acids is 2. The minimum absolute atomic E-state index is 0.0446. The van der Waals surface area contributed by atoms with Crippen LogP contribution in [-0.4, -0.2) is 29.6 Å². The summed E-state index contributed by atoms with van der Waals surface area (Å²) in [7, 11) is 0. The number of rotatable bonds is 4. The van der Waals surface area contributed by atoms with Gasteiger partial charge in [-0.3, -0.25) is 4.79 Å². The molecule has 1 aliphatic heterocycles. The minimum Gasteiger partial charge on any atom is -0.508 e. The summed E-state index contributed by atoms with van der Waals surface area (Å²) in [5.41, 5.74) is 4.25. The largest absolute Gasteiger partial charge is 0.508 e. The second kappa shape index (κ2) is 7.80. The lowest BCUT2D eigenvalue weighted by Gasteiger charge is -2.22. The summed E-state index contributed by atoms with van der Waals surface area (Å²) in [5.74, 6) is -0.555. The molecule has 29 heavy (non-hydrogen) atoms. The highest BCUT2D eigenvalue weighted by Crippen LogP contribution is 2.31. The van der Waals surface area contributed by atoms with Gasteiger partial charge in [-0.05, 0) is 60.4 Å². The zero-order chi connectivity index (χ0) is 20.4. The van der Waals surface area contributed by atoms with Crippen molar-refractivity contribution in [1.29, 1.82) is 0 Å². The molecule has 0 spiro atoms. The van der Waals surface area contributed by atoms with Crippen LogP contribution in [0.4, 0.5) is 5.69 Å². The first-order valence-electron chi connectivity index (χ1n) is 9.49. The molecule has 0 saturated heterocycles. The van der Waals surface area contributed by atoms with Gasteiger partial charge in [-0.2, -0.15) is 0 Å². The lowest BCUT2D eigenvalue weighted by molar-refractivity contribution is -0.122. The van der Waals surface area contributed by atoms with Crippen LogP contribution in [0.5, 0.6) is 5.75 Å². The summed E-state index contributed by atoms with van der Waals surface area (Å²) in [5, 5.41) is 9.38. The SMILES string of the molecule is C[C@@H]1Cc2ccccc2N1C(=O)COC(=O)c1ccc(-c2ccc(O)cc2)cc1. The fourth-order valence-corrected chi connectivity index (χ4v) is 3.68. The van der Waals surface area contributed by atoms with Gasteiger partial charge < -0.3 is 14.7 Å². The molecule has 146 valence electrons. The maximum Gasteiger partial charge on any atom is 0.338 e. The zero-order valence-corrected chi connectivity index (χ0v) is 16.0. The van der Waals surface area contributed by atoms with Gasteiger partial charge in [0, 0.05) is 11.7 Å². The van der Waals surface area contributed by atoms with E-state index in [2.05, 4.69) is 0 Å². The number of carbonyl (C=O) groups is 2. The van der Waals surface area contributed by atoms with Crippen molar-refractivity contribution < 1.29 is 19.4 Å². The van der Waals surface area contributed by atoms with Crippen molar-refractivity contribution >= 4 is 17.6 Å². The molecule has 3 aromatic rings. The Morgan fingerprint density at radius 1 is 0.966 bits per heavy atom. The molecule has 5 nitrogen and oxygen atoms in total. The number of para-hydroxylation sites is 1. The molecule has 5 heteroatoms. The molecule has 0 bridgehead atoms. The first-order chi connectivity index (χ1) is 14.0. The molecule has 0 radical (unpaired) electrons. The zero-order valence-electron chi connectivity index (χ0n) is 16.0. The standard InChI is InChI=1S/C24H21NO4/c1-16-14-20-4-2-3-5-22(20)25(16)23(27)15-29-24(28)19-8-6-17(7-9-19)18-10-12-21(26)13-11-18/h2-13,16,26H,14-15H2,1H3/t16-/m1/s1. The Morgan fingerprint density at radius 2 is 1.59 bits per heavy atom. The van der Waals surface area contributed by atoms with Crippen molar-refractivity contribution in [3.8, 4) is 16.9 Å². The predicted molar refractivity (Wildman–Crippen MR) is 111 cm³/mol. The fourth-order valence-electron chi connectivity index (χ4n) is 3.68. The Balaban J connectivity index is 1.40. The number of anilines is 1. The number of hydrogen-bond donors (Lipinski definition) is 1. The van der Waals surface area contributed by atoms with Crippen molar-refractivity contribution in [2.24, 2.45) is 0 Å². The number of ether oxygens (including phenoxy) is 1. The average molecular weight is 387 g/mol. The average Bonchev–Trinajstić information content (AvgIpc) is 3.08. The monoisotopic (exact) mass is 387 g/mol. The molecule has 1 atom stereocenters. The van der Waals surface area contributed by atoms with E-state index < -0.39 is 5.97 Å². The Morgan fingerprint density at radius 3 is 2.28 bits per heavy atom. The number of aromatic hydroxyl groups is 1. The Bertz CT molecular complexity index is 1040. The first-order valence-corrected chi connectivity index (χ1v) is 9.49. The Labute approximate surface area is 169 Å². The van der Waals surface area contributed by atoms with Crippen molar-refractivity contribution in [3.05, 3.63) is 83.9 Å². The predicted octanol–water partition coefficient (Wildman–Crippen LogP) is 4.19. The normalized spacial score (nSPS) is 15.1. The van der Waals surface area contributed by atoms with Crippen LogP contribution in [0.15, 0.2) is 72.8 Å². The van der Waals surface area contributed by atoms with Crippen molar-refractivity contribution in [1.82, 2.24) is 0 Å². The molecular formula is C24H21NO4. The van der Waals surface area contributed by atoms with E-state index in [1.807, 2.05) is 43.3 Å². The maximum absolute atomic E-state index is 12.6. The van der Waals surface area contributed by atoms with Crippen molar-refractivity contribution in [3.63, 3.8) is 0 Å². The van der Waals surface area contributed by atoms with Crippen molar-refractivity contribution in [2.75, 3.05) is 11.5 Å². The van der Waals surface area contributed by atoms with E-state index in [-0.39, 0.29) is 24.3 Å². The second-order valence-corrected chi connectivity index (χ2v) is 7.15. The van der Waals surface area contributed by atoms with E-state index in [0.717, 1.165) is 28.8 Å². The molecule has 1 heterocycles. The van der Waals surface area contributed by atoms with Crippen molar-refractivity contribution in [2.45, 2.75) is 19.4 Å². The first kappa shape index (κ1) is 18.7. The number of phenolic OH excluding ortho intramolecular Hbond substituents is 1. The van der Waals surface area contributed by atoms with Gasteiger partial charge >= 0.3 is 5.97 Å². The number of nitrogens with zero attached hydrogens (tertiary/aromatic N) is 1. The molecule has 1 amide bonds. The number of fused-ring (bicyclic) bond motifs is 1. The molecule has 4 rings (SSSR count). The van der Waals surface area contributed by atoms with E-state index in [0.29, 0.717) is 5.56 Å². The third-order valence-electron chi connectivity index (χ3n) is 5.12. The summed E-state index contributed by atoms with van der Waals surface area (Å²) >= 11 is 0. The highest BCUT2D eigenvalue weighted by molar-refractivity contribution is 5.99. The minimum atomic E-state index is -0.532. The molecular weight excluding hydrogens is 366 g/mol. The molecule has 3 aromatic carbocycles. The van der Waals surface area contributed by atoms with E-state index >= 15 is 0 Å². The lowest BCUT2D eigenvalue weighted by atomic mass is 10.0. The van der Waals surface area contributed by atoms with Gasteiger partial charge in [0.05, 0.1) is 5.56 Å². The molecule has 0 aliphatic carbocycles. The number of amides is 1. The third-order valence-corrected chi connectivity index (χ3v) is 5.12. The van der Waals surface area contributed by atoms with E-state index in [1.54, 1.807) is 41.3 Å². The van der Waals surface area contributed by atoms with Crippen LogP contribution in [0.1, 0.15) is 22.8 Å². The summed E-state index contributed by atoms with van der Waals surface area (Å²) in [6.45, 7) is 1.69. The highest BCUT2D eigenvalue weighted by Gasteiger charge is 2.31. The molecule has 0 unspecified atom stereocenters. The third kappa shape index (κ3) is 3.85. The van der Waals surface area contributed by atoms with E-state index in [9.17, 15) is 14.7 Å². The summed E-state index contributed by atoms with van der Waals surface area (Å²) in [4.78, 5) is 26.7. The van der Waals surface area contributed by atoms with Gasteiger partial charge in [-0.25, -0.2) is 4.79 Å². The summed E-state index contributed by atoms with van der Waals surface area (Å²) in [6, 6.07) is 21.6. The lowest BCUT2D eigenvalue weighted by Crippen LogP contribution is -2.38. The quantitative estimate of drug-likeness (QED) is 0.682. The van der Waals surface area contributed by atoms with E-state index in [1.165, 1.54) is 0 Å². The molecule has 0 fully saturated rings. The number of benzene rings is 3. The Hall–Kier alpha value is -3.60. The van der Waals surface area contributed by atoms with Crippen LogP contribution in [0.3, 0.4) is 0 Å². The molecule has 1 aliphatic rings. The number of phenols is 1. The number of hydrogen-bond acceptors (Lipinski definition) is 4. The number of esters is 1. The highest BCUT2D eigenvalue weighted by atomic mass is 16.5. The maximum atomic E-state index is 12.6. The van der Waals surface area contributed by atoms with E-state index in [4.69, 9.17) is 4.74 Å². The van der Waals surface area contributed by atoms with Crippen LogP contribution in [0.25, 0.3) is 11.1 Å². The second-order valence-electron chi connectivity index (χ2n) is 7.15. The fraction of sp³-hybridized carbons (Fsp3) is 0.167. The van der Waals surface area contributed by atoms with Gasteiger partial charge in [-0.1, -0.05) is 42.5 Å². The van der Waals surface area contributed by atoms with Crippen LogP contribution in [0, 0.1) is 0 Å². The topological polar surface area (TPSA) is 66.8 Å². The molecule has 0 saturated carbocycles. The summed E-state index contributed by atoms with van der Waals surface area (Å²) in [6.07, 6.45) is 0.800. The molecule has 1 N–H and O–H groups in total. The Kier molecular flexibility index (Phi) is 5.04. The van der Waals surface area contributed by atoms with Gasteiger partial charge in [0.2, 0.25) is 0 Å². The van der Waals surface area contributed by atoms with Gasteiger partial charge in [0.15, 0.2) is 6.61 Å². The smallest absolute Gasteiger partial charge is 0.338 e. The van der Waals surface area contributed by atoms with Crippen LogP contribution < -0.4 is 4.90 Å². The van der Waals surface area contributed by atoms with Gasteiger partial charge in [0.1, 0.15) is 5.75 Å². The van der Waals surface area contributed by atoms with Crippen LogP contribution >= 0.6 is 0 Å². The molecule has 0 aromatic heterocycles. The van der Waals surface area contributed by atoms with Gasteiger partial charge in [-0.15, -0.1) is 0 Å². The van der Waals surface area contributed by atoms with Crippen LogP contribution in [-0.2, 0) is 16.0 Å². The van der Waals surface area contributed by atoms with Crippen LogP contribution in [0.2, 0.25) is 0 Å².